The minimum atomic E-state index is -1.23. The molecular formula is C16H11F3O3. The molecule has 0 N–H and O–H groups in total. The molecule has 0 aromatic heterocycles. The van der Waals surface area contributed by atoms with Gasteiger partial charge in [-0.25, -0.2) is 13.6 Å². The van der Waals surface area contributed by atoms with Gasteiger partial charge in [0, 0.05) is 23.3 Å². The van der Waals surface area contributed by atoms with E-state index in [2.05, 4.69) is 11.3 Å². The summed E-state index contributed by atoms with van der Waals surface area (Å²) in [7, 11) is 1.20. The summed E-state index contributed by atoms with van der Waals surface area (Å²) in [4.78, 5) is 11.0. The fourth-order valence-electron chi connectivity index (χ4n) is 1.83. The van der Waals surface area contributed by atoms with Crippen molar-refractivity contribution in [3.63, 3.8) is 0 Å². The monoisotopic (exact) mass is 308 g/mol. The molecule has 2 rings (SSSR count). The van der Waals surface area contributed by atoms with Crippen LogP contribution in [0.2, 0.25) is 0 Å². The van der Waals surface area contributed by atoms with Crippen LogP contribution in [0.3, 0.4) is 0 Å². The lowest BCUT2D eigenvalue weighted by Crippen LogP contribution is -2.03. The fraction of sp³-hybridized carbons (Fsp3) is 0.0625. The maximum atomic E-state index is 14.0. The molecule has 3 nitrogen and oxygen atoms in total. The molecule has 0 amide bonds. The zero-order valence-electron chi connectivity index (χ0n) is 11.5. The van der Waals surface area contributed by atoms with Gasteiger partial charge in [0.2, 0.25) is 5.82 Å². The Morgan fingerprint density at radius 1 is 1.09 bits per heavy atom. The molecule has 6 heteroatoms. The number of methoxy groups -OCH3 is 1. The molecule has 2 aromatic carbocycles. The molecule has 0 fully saturated rings. The molecule has 0 aliphatic rings. The highest BCUT2D eigenvalue weighted by Gasteiger charge is 2.18. The van der Waals surface area contributed by atoms with E-state index in [0.29, 0.717) is 0 Å². The average molecular weight is 308 g/mol. The van der Waals surface area contributed by atoms with Gasteiger partial charge in [-0.15, -0.1) is 0 Å². The van der Waals surface area contributed by atoms with Crippen LogP contribution in [0.1, 0.15) is 0 Å². The maximum Gasteiger partial charge on any atom is 0.335 e. The quantitative estimate of drug-likeness (QED) is 0.488. The summed E-state index contributed by atoms with van der Waals surface area (Å²) in [6, 6.07) is 5.75. The number of benzene rings is 2. The molecule has 0 spiro atoms. The predicted octanol–water partition coefficient (Wildman–Crippen LogP) is 3.87. The highest BCUT2D eigenvalue weighted by atomic mass is 19.2. The second-order valence-electron chi connectivity index (χ2n) is 4.21. The highest BCUT2D eigenvalue weighted by Crippen LogP contribution is 2.32. The van der Waals surface area contributed by atoms with E-state index < -0.39 is 23.4 Å². The van der Waals surface area contributed by atoms with E-state index in [9.17, 15) is 18.0 Å². The summed E-state index contributed by atoms with van der Waals surface area (Å²) in [5, 5.41) is 0. The minimum absolute atomic E-state index is 0.0689. The first kappa shape index (κ1) is 15.6. The van der Waals surface area contributed by atoms with Crippen LogP contribution in [0.4, 0.5) is 13.2 Å². The third-order valence-electron chi connectivity index (χ3n) is 2.88. The molecule has 22 heavy (non-hydrogen) atoms. The van der Waals surface area contributed by atoms with Crippen LogP contribution >= 0.6 is 0 Å². The van der Waals surface area contributed by atoms with Gasteiger partial charge in [-0.3, -0.25) is 0 Å². The van der Waals surface area contributed by atoms with Gasteiger partial charge < -0.3 is 9.47 Å². The van der Waals surface area contributed by atoms with Gasteiger partial charge in [0.25, 0.3) is 0 Å². The Morgan fingerprint density at radius 2 is 1.77 bits per heavy atom. The topological polar surface area (TPSA) is 35.5 Å². The Labute approximate surface area is 124 Å². The summed E-state index contributed by atoms with van der Waals surface area (Å²) in [5.41, 5.74) is -0.435. The maximum absolute atomic E-state index is 14.0. The van der Waals surface area contributed by atoms with E-state index in [1.807, 2.05) is 0 Å². The zero-order valence-corrected chi connectivity index (χ0v) is 11.5. The van der Waals surface area contributed by atoms with Crippen molar-refractivity contribution in [1.82, 2.24) is 0 Å². The molecule has 0 atom stereocenters. The number of carbonyl (C=O) groups is 1. The first-order valence-corrected chi connectivity index (χ1v) is 6.14. The molecule has 0 bridgehead atoms. The smallest absolute Gasteiger partial charge is 0.335 e. The van der Waals surface area contributed by atoms with E-state index >= 15 is 0 Å². The average Bonchev–Trinajstić information content (AvgIpc) is 2.50. The van der Waals surface area contributed by atoms with Gasteiger partial charge in [0.15, 0.2) is 11.6 Å². The lowest BCUT2D eigenvalue weighted by atomic mass is 10.0. The summed E-state index contributed by atoms with van der Waals surface area (Å²) >= 11 is 0. The number of carbonyl (C=O) groups excluding carboxylic acids is 1. The van der Waals surface area contributed by atoms with Crippen LogP contribution in [0, 0.1) is 17.5 Å². The van der Waals surface area contributed by atoms with E-state index in [1.165, 1.54) is 31.4 Å². The number of rotatable bonds is 4. The standard InChI is InChI=1S/C16H11F3O3/c1-3-14(20)22-9-4-5-10(12(17)8-9)11-6-7-13(21-2)16(19)15(11)18/h3-8H,1H2,2H3. The van der Waals surface area contributed by atoms with Crippen LogP contribution < -0.4 is 9.47 Å². The Balaban J connectivity index is 2.44. The van der Waals surface area contributed by atoms with Crippen molar-refractivity contribution in [3.8, 4) is 22.6 Å². The van der Waals surface area contributed by atoms with Gasteiger partial charge in [-0.2, -0.15) is 4.39 Å². The number of ether oxygens (including phenoxy) is 2. The molecule has 0 aliphatic heterocycles. The van der Waals surface area contributed by atoms with Gasteiger partial charge in [0.1, 0.15) is 11.6 Å². The van der Waals surface area contributed by atoms with Crippen LogP contribution in [-0.4, -0.2) is 13.1 Å². The number of hydrogen-bond donors (Lipinski definition) is 0. The van der Waals surface area contributed by atoms with Gasteiger partial charge >= 0.3 is 5.97 Å². The summed E-state index contributed by atoms with van der Waals surface area (Å²) in [5.74, 6) is -4.40. The molecule has 0 heterocycles. The first-order valence-electron chi connectivity index (χ1n) is 6.14. The molecule has 2 aromatic rings. The van der Waals surface area contributed by atoms with Crippen molar-refractivity contribution >= 4 is 5.97 Å². The lowest BCUT2D eigenvalue weighted by molar-refractivity contribution is -0.128. The third-order valence-corrected chi connectivity index (χ3v) is 2.88. The predicted molar refractivity (Wildman–Crippen MR) is 74.1 cm³/mol. The van der Waals surface area contributed by atoms with E-state index in [-0.39, 0.29) is 22.6 Å². The van der Waals surface area contributed by atoms with Crippen molar-refractivity contribution in [2.45, 2.75) is 0 Å². The number of hydrogen-bond acceptors (Lipinski definition) is 3. The van der Waals surface area contributed by atoms with Crippen LogP contribution in [0.15, 0.2) is 43.0 Å². The minimum Gasteiger partial charge on any atom is -0.494 e. The van der Waals surface area contributed by atoms with Crippen LogP contribution in [0.25, 0.3) is 11.1 Å². The van der Waals surface area contributed by atoms with Crippen molar-refractivity contribution in [3.05, 3.63) is 60.4 Å². The van der Waals surface area contributed by atoms with Gasteiger partial charge in [-0.05, 0) is 24.3 Å². The Bertz CT molecular complexity index is 742. The second kappa shape index (κ2) is 6.34. The SMILES string of the molecule is C=CC(=O)Oc1ccc(-c2ccc(OC)c(F)c2F)c(F)c1. The first-order chi connectivity index (χ1) is 10.5. The highest BCUT2D eigenvalue weighted by molar-refractivity contribution is 5.83. The molecule has 0 unspecified atom stereocenters. The van der Waals surface area contributed by atoms with E-state index in [4.69, 9.17) is 4.74 Å². The van der Waals surface area contributed by atoms with Crippen LogP contribution in [0.5, 0.6) is 11.5 Å². The number of esters is 1. The molecule has 0 aliphatic carbocycles. The largest absolute Gasteiger partial charge is 0.494 e. The van der Waals surface area contributed by atoms with Crippen molar-refractivity contribution in [2.75, 3.05) is 7.11 Å². The molecule has 0 saturated carbocycles. The summed E-state index contributed by atoms with van der Waals surface area (Å²) in [6.45, 7) is 3.21. The molecule has 114 valence electrons. The number of halogens is 3. The van der Waals surface area contributed by atoms with Crippen LogP contribution in [-0.2, 0) is 4.79 Å². The van der Waals surface area contributed by atoms with Crippen molar-refractivity contribution in [2.24, 2.45) is 0 Å². The molecule has 0 radical (unpaired) electrons. The van der Waals surface area contributed by atoms with E-state index in [0.717, 1.165) is 12.1 Å². The molecular weight excluding hydrogens is 297 g/mol. The second-order valence-corrected chi connectivity index (χ2v) is 4.21. The zero-order chi connectivity index (χ0) is 16.3. The third kappa shape index (κ3) is 2.95. The Morgan fingerprint density at radius 3 is 2.36 bits per heavy atom. The molecule has 0 saturated heterocycles. The summed E-state index contributed by atoms with van der Waals surface area (Å²) < 4.78 is 51.1. The van der Waals surface area contributed by atoms with Gasteiger partial charge in [0.05, 0.1) is 7.11 Å². The Hall–Kier alpha value is -2.76. The Kier molecular flexibility index (Phi) is 4.50. The van der Waals surface area contributed by atoms with E-state index in [1.54, 1.807) is 0 Å². The normalized spacial score (nSPS) is 10.2. The van der Waals surface area contributed by atoms with Crippen molar-refractivity contribution in [1.29, 1.82) is 0 Å². The van der Waals surface area contributed by atoms with Gasteiger partial charge in [-0.1, -0.05) is 6.58 Å². The summed E-state index contributed by atoms with van der Waals surface area (Å²) in [6.07, 6.45) is 0.921. The lowest BCUT2D eigenvalue weighted by Gasteiger charge is -2.10. The van der Waals surface area contributed by atoms with Crippen molar-refractivity contribution < 1.29 is 27.4 Å². The fourth-order valence-corrected chi connectivity index (χ4v) is 1.83.